The molecule has 4 aromatic rings. The number of ether oxygens (including phenoxy) is 1. The highest BCUT2D eigenvalue weighted by Crippen LogP contribution is 2.31. The molecule has 0 atom stereocenters. The molecule has 0 aliphatic heterocycles. The van der Waals surface area contributed by atoms with Crippen molar-refractivity contribution in [2.75, 3.05) is 5.75 Å². The van der Waals surface area contributed by atoms with E-state index in [0.717, 1.165) is 30.5 Å². The number of nitrogens with zero attached hydrogens (tertiary/aromatic N) is 4. The first-order valence-electron chi connectivity index (χ1n) is 10.5. The Hall–Kier alpha value is -3.95. The van der Waals surface area contributed by atoms with Crippen molar-refractivity contribution in [2.45, 2.75) is 30.5 Å². The van der Waals surface area contributed by atoms with Crippen LogP contribution in [0.15, 0.2) is 64.5 Å². The largest absolute Gasteiger partial charge is 0.461 e. The lowest BCUT2D eigenvalue weighted by molar-refractivity contribution is -0.253. The summed E-state index contributed by atoms with van der Waals surface area (Å²) < 4.78 is 121. The second-order valence-electron chi connectivity index (χ2n) is 7.78. The number of hydrogen-bond acceptors (Lipinski definition) is 6. The number of hydrogen-bond donors (Lipinski definition) is 0. The van der Waals surface area contributed by atoms with E-state index in [0.29, 0.717) is 21.3 Å². The van der Waals surface area contributed by atoms with Crippen LogP contribution >= 0.6 is 0 Å². The highest BCUT2D eigenvalue weighted by molar-refractivity contribution is 7.91. The first-order chi connectivity index (χ1) is 17.6. The Bertz CT molecular complexity index is 1660. The zero-order valence-electron chi connectivity index (χ0n) is 19.0. The summed E-state index contributed by atoms with van der Waals surface area (Å²) in [5, 5.41) is 3.90. The monoisotopic (exact) mass is 564 g/mol. The lowest BCUT2D eigenvalue weighted by Crippen LogP contribution is -2.33. The molecular weight excluding hydrogens is 549 g/mol. The standard InChI is InChI=1S/C22H15F7N4O4S/c1-2-38(35,36)16-9-13(12-3-6-15(7-4-12)37-22(28,29)19(23)24)10-30-18(16)33-20(34)32-11-14(21(25,26)27)5-8-17(32)31-33/h3-11,19H,2H2,1H3. The Balaban J connectivity index is 1.80. The first kappa shape index (κ1) is 27.1. The molecular formula is C22H15F7N4O4S. The van der Waals surface area contributed by atoms with Crippen molar-refractivity contribution in [3.05, 3.63) is 70.9 Å². The van der Waals surface area contributed by atoms with Crippen molar-refractivity contribution < 1.29 is 43.9 Å². The summed E-state index contributed by atoms with van der Waals surface area (Å²) in [6.45, 7) is 1.31. The van der Waals surface area contributed by atoms with Gasteiger partial charge in [-0.05, 0) is 35.9 Å². The zero-order valence-corrected chi connectivity index (χ0v) is 19.8. The highest BCUT2D eigenvalue weighted by Gasteiger charge is 2.44. The third-order valence-electron chi connectivity index (χ3n) is 5.29. The molecule has 0 unspecified atom stereocenters. The van der Waals surface area contributed by atoms with E-state index >= 15 is 0 Å². The fourth-order valence-corrected chi connectivity index (χ4v) is 4.37. The SMILES string of the molecule is CCS(=O)(=O)c1cc(-c2ccc(OC(F)(F)C(F)F)cc2)cnc1-n1nc2ccc(C(F)(F)F)cn2c1=O. The van der Waals surface area contributed by atoms with Gasteiger partial charge in [0.25, 0.3) is 0 Å². The van der Waals surface area contributed by atoms with Gasteiger partial charge in [0.15, 0.2) is 21.3 Å². The predicted molar refractivity (Wildman–Crippen MR) is 118 cm³/mol. The van der Waals surface area contributed by atoms with Gasteiger partial charge in [0, 0.05) is 18.0 Å². The molecule has 0 saturated carbocycles. The molecule has 38 heavy (non-hydrogen) atoms. The number of halogens is 7. The average Bonchev–Trinajstić information content (AvgIpc) is 3.19. The number of benzene rings is 1. The topological polar surface area (TPSA) is 95.6 Å². The van der Waals surface area contributed by atoms with Crippen LogP contribution in [0.3, 0.4) is 0 Å². The van der Waals surface area contributed by atoms with Gasteiger partial charge in [-0.15, -0.1) is 5.10 Å². The summed E-state index contributed by atoms with van der Waals surface area (Å²) in [6, 6.07) is 7.04. The summed E-state index contributed by atoms with van der Waals surface area (Å²) in [5.41, 5.74) is -2.09. The smallest absolute Gasteiger partial charge is 0.428 e. The van der Waals surface area contributed by atoms with E-state index in [1.807, 2.05) is 0 Å². The molecule has 0 spiro atoms. The number of aromatic nitrogens is 4. The van der Waals surface area contributed by atoms with Crippen LogP contribution in [0.4, 0.5) is 30.7 Å². The van der Waals surface area contributed by atoms with Crippen LogP contribution in [0.1, 0.15) is 12.5 Å². The van der Waals surface area contributed by atoms with Crippen molar-refractivity contribution in [3.8, 4) is 22.7 Å². The molecule has 202 valence electrons. The fraction of sp³-hybridized carbons (Fsp3) is 0.227. The Morgan fingerprint density at radius 1 is 1.00 bits per heavy atom. The van der Waals surface area contributed by atoms with Gasteiger partial charge >= 0.3 is 24.4 Å². The van der Waals surface area contributed by atoms with E-state index in [1.165, 1.54) is 19.1 Å². The number of sulfone groups is 1. The molecule has 0 bridgehead atoms. The number of pyridine rings is 2. The van der Waals surface area contributed by atoms with Crippen LogP contribution in [0.25, 0.3) is 22.6 Å². The maximum atomic E-state index is 13.1. The first-order valence-corrected chi connectivity index (χ1v) is 12.2. The van der Waals surface area contributed by atoms with E-state index < -0.39 is 62.0 Å². The molecule has 1 aromatic carbocycles. The molecule has 0 radical (unpaired) electrons. The molecule has 16 heteroatoms. The molecule has 0 aliphatic carbocycles. The van der Waals surface area contributed by atoms with Crippen molar-refractivity contribution in [2.24, 2.45) is 0 Å². The number of rotatable bonds is 7. The Kier molecular flexibility index (Phi) is 6.71. The summed E-state index contributed by atoms with van der Waals surface area (Å²) in [6.07, 6.45) is -11.9. The fourth-order valence-electron chi connectivity index (χ4n) is 3.34. The maximum Gasteiger partial charge on any atom is 0.461 e. The van der Waals surface area contributed by atoms with Crippen molar-refractivity contribution >= 4 is 15.5 Å². The highest BCUT2D eigenvalue weighted by atomic mass is 32.2. The third kappa shape index (κ3) is 5.07. The summed E-state index contributed by atoms with van der Waals surface area (Å²) in [4.78, 5) is 16.4. The molecule has 4 rings (SSSR count). The molecule has 0 N–H and O–H groups in total. The van der Waals surface area contributed by atoms with Crippen molar-refractivity contribution in [1.29, 1.82) is 0 Å². The van der Waals surface area contributed by atoms with Crippen LogP contribution in [-0.2, 0) is 16.0 Å². The van der Waals surface area contributed by atoms with Crippen molar-refractivity contribution in [1.82, 2.24) is 19.2 Å². The average molecular weight is 564 g/mol. The molecule has 3 aromatic heterocycles. The third-order valence-corrected chi connectivity index (χ3v) is 7.02. The van der Waals surface area contributed by atoms with Gasteiger partial charge in [-0.25, -0.2) is 22.6 Å². The van der Waals surface area contributed by atoms with Gasteiger partial charge in [-0.2, -0.15) is 35.4 Å². The van der Waals surface area contributed by atoms with Gasteiger partial charge in [-0.3, -0.25) is 0 Å². The van der Waals surface area contributed by atoms with E-state index in [-0.39, 0.29) is 16.8 Å². The Labute approximate surface area is 208 Å². The van der Waals surface area contributed by atoms with E-state index in [2.05, 4.69) is 14.8 Å². The lowest BCUT2D eigenvalue weighted by Gasteiger charge is -2.17. The van der Waals surface area contributed by atoms with Gasteiger partial charge < -0.3 is 4.74 Å². The minimum atomic E-state index is -4.75. The van der Waals surface area contributed by atoms with E-state index in [9.17, 15) is 43.9 Å². The number of fused-ring (bicyclic) bond motifs is 1. The molecule has 0 saturated heterocycles. The summed E-state index contributed by atoms with van der Waals surface area (Å²) >= 11 is 0. The van der Waals surface area contributed by atoms with Gasteiger partial charge in [0.05, 0.1) is 11.3 Å². The second-order valence-corrected chi connectivity index (χ2v) is 10.0. The molecule has 0 fully saturated rings. The van der Waals surface area contributed by atoms with E-state index in [1.54, 1.807) is 0 Å². The quantitative estimate of drug-likeness (QED) is 0.305. The molecule has 0 amide bonds. The normalized spacial score (nSPS) is 12.9. The van der Waals surface area contributed by atoms with Gasteiger partial charge in [0.2, 0.25) is 0 Å². The van der Waals surface area contributed by atoms with Crippen molar-refractivity contribution in [3.63, 3.8) is 0 Å². The minimum Gasteiger partial charge on any atom is -0.428 e. The second kappa shape index (κ2) is 9.41. The zero-order chi connectivity index (χ0) is 28.0. The Morgan fingerprint density at radius 3 is 2.24 bits per heavy atom. The minimum absolute atomic E-state index is 0.129. The van der Waals surface area contributed by atoms with Crippen LogP contribution < -0.4 is 10.4 Å². The molecule has 0 aliphatic rings. The van der Waals surface area contributed by atoms with Crippen LogP contribution in [0.5, 0.6) is 5.75 Å². The summed E-state index contributed by atoms with van der Waals surface area (Å²) in [5.74, 6) is -1.50. The lowest BCUT2D eigenvalue weighted by atomic mass is 10.1. The summed E-state index contributed by atoms with van der Waals surface area (Å²) in [7, 11) is -4.09. The predicted octanol–water partition coefficient (Wildman–Crippen LogP) is 4.60. The molecule has 3 heterocycles. The number of alkyl halides is 7. The van der Waals surface area contributed by atoms with Crippen LogP contribution in [0.2, 0.25) is 0 Å². The van der Waals surface area contributed by atoms with Gasteiger partial charge in [0.1, 0.15) is 10.6 Å². The Morgan fingerprint density at radius 2 is 1.66 bits per heavy atom. The maximum absolute atomic E-state index is 13.1. The van der Waals surface area contributed by atoms with Gasteiger partial charge in [-0.1, -0.05) is 19.1 Å². The molecule has 8 nitrogen and oxygen atoms in total. The van der Waals surface area contributed by atoms with Crippen LogP contribution in [0, 0.1) is 0 Å². The van der Waals surface area contributed by atoms with Crippen LogP contribution in [-0.4, -0.2) is 45.9 Å². The van der Waals surface area contributed by atoms with E-state index in [4.69, 9.17) is 0 Å².